The standard InChI is InChI=1S/C16H23NO/c1-11-9-12(2)15(13(3)10-11)16(18)17-8-6-5-7-14(17)4/h9-10,14H,5-8H2,1-4H3. The van der Waals surface area contributed by atoms with Gasteiger partial charge in [0.25, 0.3) is 5.91 Å². The summed E-state index contributed by atoms with van der Waals surface area (Å²) in [6.45, 7) is 9.24. The molecule has 18 heavy (non-hydrogen) atoms. The Bertz CT molecular complexity index is 441. The van der Waals surface area contributed by atoms with Gasteiger partial charge in [0, 0.05) is 18.2 Å². The number of amides is 1. The topological polar surface area (TPSA) is 20.3 Å². The first-order chi connectivity index (χ1) is 8.50. The Kier molecular flexibility index (Phi) is 3.74. The SMILES string of the molecule is Cc1cc(C)c(C(=O)N2CCCCC2C)c(C)c1. The van der Waals surface area contributed by atoms with E-state index >= 15 is 0 Å². The van der Waals surface area contributed by atoms with Crippen LogP contribution in [0.25, 0.3) is 0 Å². The Balaban J connectivity index is 2.33. The molecule has 2 nitrogen and oxygen atoms in total. The molecule has 1 saturated heterocycles. The Labute approximate surface area is 110 Å². The quantitative estimate of drug-likeness (QED) is 0.740. The third-order valence-corrected chi connectivity index (χ3v) is 3.95. The van der Waals surface area contributed by atoms with E-state index in [0.29, 0.717) is 6.04 Å². The molecule has 1 heterocycles. The zero-order valence-corrected chi connectivity index (χ0v) is 11.9. The van der Waals surface area contributed by atoms with E-state index in [4.69, 9.17) is 0 Å². The largest absolute Gasteiger partial charge is 0.336 e. The van der Waals surface area contributed by atoms with Crippen molar-refractivity contribution in [3.05, 3.63) is 34.4 Å². The third-order valence-electron chi connectivity index (χ3n) is 3.95. The van der Waals surface area contributed by atoms with E-state index in [1.54, 1.807) is 0 Å². The van der Waals surface area contributed by atoms with Gasteiger partial charge in [0.2, 0.25) is 0 Å². The molecule has 0 saturated carbocycles. The van der Waals surface area contributed by atoms with Gasteiger partial charge in [-0.3, -0.25) is 4.79 Å². The maximum absolute atomic E-state index is 12.7. The van der Waals surface area contributed by atoms with Crippen LogP contribution >= 0.6 is 0 Å². The number of hydrogen-bond donors (Lipinski definition) is 0. The Morgan fingerprint density at radius 3 is 2.33 bits per heavy atom. The van der Waals surface area contributed by atoms with Gasteiger partial charge in [-0.25, -0.2) is 0 Å². The number of benzene rings is 1. The average molecular weight is 245 g/mol. The Hall–Kier alpha value is -1.31. The van der Waals surface area contributed by atoms with Gasteiger partial charge < -0.3 is 4.90 Å². The smallest absolute Gasteiger partial charge is 0.254 e. The van der Waals surface area contributed by atoms with Crippen LogP contribution in [0, 0.1) is 20.8 Å². The van der Waals surface area contributed by atoms with E-state index < -0.39 is 0 Å². The predicted molar refractivity (Wildman–Crippen MR) is 75.0 cm³/mol. The lowest BCUT2D eigenvalue weighted by Gasteiger charge is -2.34. The Morgan fingerprint density at radius 2 is 1.78 bits per heavy atom. The fraction of sp³-hybridized carbons (Fsp3) is 0.562. The average Bonchev–Trinajstić information content (AvgIpc) is 2.27. The third kappa shape index (κ3) is 2.43. The maximum atomic E-state index is 12.7. The van der Waals surface area contributed by atoms with Crippen molar-refractivity contribution in [2.45, 2.75) is 53.0 Å². The summed E-state index contributed by atoms with van der Waals surface area (Å²) >= 11 is 0. The first-order valence-corrected chi connectivity index (χ1v) is 6.89. The molecule has 1 fully saturated rings. The molecule has 1 aromatic carbocycles. The number of likely N-dealkylation sites (tertiary alicyclic amines) is 1. The maximum Gasteiger partial charge on any atom is 0.254 e. The molecule has 0 N–H and O–H groups in total. The van der Waals surface area contributed by atoms with E-state index in [-0.39, 0.29) is 5.91 Å². The lowest BCUT2D eigenvalue weighted by Crippen LogP contribution is -2.42. The number of carbonyl (C=O) groups is 1. The number of aryl methyl sites for hydroxylation is 3. The van der Waals surface area contributed by atoms with Crippen LogP contribution in [0.2, 0.25) is 0 Å². The number of hydrogen-bond acceptors (Lipinski definition) is 1. The van der Waals surface area contributed by atoms with Crippen molar-refractivity contribution in [3.8, 4) is 0 Å². The van der Waals surface area contributed by atoms with Crippen molar-refractivity contribution in [3.63, 3.8) is 0 Å². The van der Waals surface area contributed by atoms with Gasteiger partial charge in [0.1, 0.15) is 0 Å². The molecule has 98 valence electrons. The molecule has 1 amide bonds. The second-order valence-corrected chi connectivity index (χ2v) is 5.62. The molecule has 1 aromatic rings. The first-order valence-electron chi connectivity index (χ1n) is 6.89. The van der Waals surface area contributed by atoms with Crippen LogP contribution in [-0.4, -0.2) is 23.4 Å². The van der Waals surface area contributed by atoms with Crippen molar-refractivity contribution in [1.29, 1.82) is 0 Å². The highest BCUT2D eigenvalue weighted by molar-refractivity contribution is 5.97. The zero-order chi connectivity index (χ0) is 13.3. The number of carbonyl (C=O) groups excluding carboxylic acids is 1. The van der Waals surface area contributed by atoms with E-state index in [0.717, 1.165) is 36.1 Å². The van der Waals surface area contributed by atoms with Crippen molar-refractivity contribution in [1.82, 2.24) is 4.90 Å². The van der Waals surface area contributed by atoms with Gasteiger partial charge in [0.15, 0.2) is 0 Å². The fourth-order valence-corrected chi connectivity index (χ4v) is 3.06. The van der Waals surface area contributed by atoms with Crippen LogP contribution in [0.3, 0.4) is 0 Å². The molecule has 0 spiro atoms. The number of nitrogens with zero attached hydrogens (tertiary/aromatic N) is 1. The molecule has 1 unspecified atom stereocenters. The van der Waals surface area contributed by atoms with Crippen molar-refractivity contribution in [2.75, 3.05) is 6.54 Å². The monoisotopic (exact) mass is 245 g/mol. The van der Waals surface area contributed by atoms with E-state index in [2.05, 4.69) is 26.0 Å². The van der Waals surface area contributed by atoms with Crippen LogP contribution < -0.4 is 0 Å². The predicted octanol–water partition coefficient (Wildman–Crippen LogP) is 3.63. The van der Waals surface area contributed by atoms with Gasteiger partial charge >= 0.3 is 0 Å². The summed E-state index contributed by atoms with van der Waals surface area (Å²) in [5.41, 5.74) is 4.35. The van der Waals surface area contributed by atoms with Crippen molar-refractivity contribution >= 4 is 5.91 Å². The summed E-state index contributed by atoms with van der Waals surface area (Å²) < 4.78 is 0. The molecule has 0 bridgehead atoms. The van der Waals surface area contributed by atoms with Gasteiger partial charge in [-0.15, -0.1) is 0 Å². The molecule has 0 radical (unpaired) electrons. The van der Waals surface area contributed by atoms with Gasteiger partial charge in [-0.1, -0.05) is 17.7 Å². The molecule has 0 aliphatic carbocycles. The first kappa shape index (κ1) is 13.1. The molecule has 1 aliphatic rings. The van der Waals surface area contributed by atoms with E-state index in [1.807, 2.05) is 18.7 Å². The fourth-order valence-electron chi connectivity index (χ4n) is 3.06. The van der Waals surface area contributed by atoms with Gasteiger partial charge in [0.05, 0.1) is 0 Å². The second-order valence-electron chi connectivity index (χ2n) is 5.62. The Morgan fingerprint density at radius 1 is 1.17 bits per heavy atom. The van der Waals surface area contributed by atoms with Crippen LogP contribution in [0.5, 0.6) is 0 Å². The van der Waals surface area contributed by atoms with Crippen LogP contribution in [0.1, 0.15) is 53.2 Å². The minimum atomic E-state index is 0.220. The lowest BCUT2D eigenvalue weighted by molar-refractivity contribution is 0.0634. The van der Waals surface area contributed by atoms with Gasteiger partial charge in [-0.2, -0.15) is 0 Å². The minimum absolute atomic E-state index is 0.220. The molecule has 2 heteroatoms. The zero-order valence-electron chi connectivity index (χ0n) is 11.9. The normalized spacial score (nSPS) is 20.0. The number of rotatable bonds is 1. The molecular formula is C16H23NO. The molecular weight excluding hydrogens is 222 g/mol. The van der Waals surface area contributed by atoms with Crippen LogP contribution in [0.4, 0.5) is 0 Å². The highest BCUT2D eigenvalue weighted by atomic mass is 16.2. The molecule has 1 aliphatic heterocycles. The summed E-state index contributed by atoms with van der Waals surface area (Å²) in [6, 6.07) is 4.59. The summed E-state index contributed by atoms with van der Waals surface area (Å²) in [6.07, 6.45) is 3.52. The van der Waals surface area contributed by atoms with Gasteiger partial charge in [-0.05, 0) is 58.1 Å². The van der Waals surface area contributed by atoms with Crippen LogP contribution in [-0.2, 0) is 0 Å². The lowest BCUT2D eigenvalue weighted by atomic mass is 9.96. The highest BCUT2D eigenvalue weighted by Crippen LogP contribution is 2.23. The van der Waals surface area contributed by atoms with Crippen LogP contribution in [0.15, 0.2) is 12.1 Å². The van der Waals surface area contributed by atoms with E-state index in [9.17, 15) is 4.79 Å². The molecule has 1 atom stereocenters. The summed E-state index contributed by atoms with van der Waals surface area (Å²) in [5, 5.41) is 0. The summed E-state index contributed by atoms with van der Waals surface area (Å²) in [7, 11) is 0. The molecule has 2 rings (SSSR count). The molecule has 0 aromatic heterocycles. The number of piperidine rings is 1. The van der Waals surface area contributed by atoms with Crippen molar-refractivity contribution < 1.29 is 4.79 Å². The second kappa shape index (κ2) is 5.13. The summed E-state index contributed by atoms with van der Waals surface area (Å²) in [5.74, 6) is 0.220. The summed E-state index contributed by atoms with van der Waals surface area (Å²) in [4.78, 5) is 14.7. The minimum Gasteiger partial charge on any atom is -0.336 e. The van der Waals surface area contributed by atoms with E-state index in [1.165, 1.54) is 12.0 Å². The highest BCUT2D eigenvalue weighted by Gasteiger charge is 2.26. The van der Waals surface area contributed by atoms with Crippen molar-refractivity contribution in [2.24, 2.45) is 0 Å².